The molecule has 0 unspecified atom stereocenters. The van der Waals surface area contributed by atoms with Crippen LogP contribution in [0.2, 0.25) is 0 Å². The molecule has 46 heavy (non-hydrogen) atoms. The van der Waals surface area contributed by atoms with Gasteiger partial charge in [0, 0.05) is 63.0 Å². The van der Waals surface area contributed by atoms with E-state index in [-0.39, 0.29) is 78.3 Å². The molecule has 4 amide bonds. The summed E-state index contributed by atoms with van der Waals surface area (Å²) in [7, 11) is 3.01. The number of methoxy groups -OCH3 is 1. The second-order valence-electron chi connectivity index (χ2n) is 10.8. The lowest BCUT2D eigenvalue weighted by Gasteiger charge is -2.23. The number of carbonyl (C=O) groups excluding carboxylic acids is 4. The lowest BCUT2D eigenvalue weighted by molar-refractivity contribution is -0.129. The van der Waals surface area contributed by atoms with Crippen LogP contribution in [0.25, 0.3) is 0 Å². The summed E-state index contributed by atoms with van der Waals surface area (Å²) in [6.45, 7) is 2.43. The van der Waals surface area contributed by atoms with E-state index in [1.54, 1.807) is 32.2 Å². The molecule has 0 aliphatic carbocycles. The van der Waals surface area contributed by atoms with Crippen molar-refractivity contribution in [1.82, 2.24) is 25.4 Å². The SMILES string of the molecule is CC[C@@H]1NC(=O)CCCN(C(=O)c2ccn(C)c(=O)c2)CCCNC(=O)c2ccc(OC)c(c2)Oc2ccc(cc2F)CNC1=O. The Bertz CT molecular complexity index is 1660. The number of amides is 4. The van der Waals surface area contributed by atoms with Crippen LogP contribution in [0, 0.1) is 5.82 Å². The molecule has 3 heterocycles. The van der Waals surface area contributed by atoms with Crippen molar-refractivity contribution >= 4 is 23.6 Å². The molecule has 5 rings (SSSR count). The average molecular weight is 636 g/mol. The number of aryl methyl sites for hydroxylation is 1. The van der Waals surface area contributed by atoms with Gasteiger partial charge in [0.05, 0.1) is 7.11 Å². The quantitative estimate of drug-likeness (QED) is 0.401. The van der Waals surface area contributed by atoms with Gasteiger partial charge in [-0.05, 0) is 61.2 Å². The van der Waals surface area contributed by atoms with E-state index in [0.717, 1.165) is 0 Å². The zero-order valence-electron chi connectivity index (χ0n) is 26.1. The van der Waals surface area contributed by atoms with Gasteiger partial charge in [0.2, 0.25) is 11.8 Å². The van der Waals surface area contributed by atoms with E-state index in [9.17, 15) is 24.0 Å². The molecule has 13 heteroatoms. The predicted octanol–water partition coefficient (Wildman–Crippen LogP) is 2.89. The largest absolute Gasteiger partial charge is 0.493 e. The molecule has 0 spiro atoms. The highest BCUT2D eigenvalue weighted by atomic mass is 19.1. The van der Waals surface area contributed by atoms with Crippen LogP contribution in [0.4, 0.5) is 4.39 Å². The van der Waals surface area contributed by atoms with Crippen molar-refractivity contribution in [2.24, 2.45) is 7.05 Å². The summed E-state index contributed by atoms with van der Waals surface area (Å²) < 4.78 is 27.5. The van der Waals surface area contributed by atoms with Gasteiger partial charge in [-0.1, -0.05) is 13.0 Å². The standard InChI is InChI=1S/C33H38FN5O7/c1-4-25-32(43)36-20-21-8-10-26(24(34)17-21)46-28-18-22(9-11-27(28)45-3)31(42)35-13-6-15-39(14-5-7-29(40)37-25)33(44)23-12-16-38(2)30(41)19-23/h8-12,16-19,25H,4-7,13-15,20H2,1-3H3,(H,35,42)(H,36,43)(H,37,40)/t25-/m0/s1. The smallest absolute Gasteiger partial charge is 0.254 e. The zero-order valence-corrected chi connectivity index (χ0v) is 26.1. The second kappa shape index (κ2) is 15.7. The van der Waals surface area contributed by atoms with E-state index < -0.39 is 23.7 Å². The number of ether oxygens (including phenoxy) is 2. The van der Waals surface area contributed by atoms with Crippen LogP contribution in [0.1, 0.15) is 58.9 Å². The maximum atomic E-state index is 15.0. The Morgan fingerprint density at radius 1 is 1.00 bits per heavy atom. The van der Waals surface area contributed by atoms with Crippen molar-refractivity contribution in [2.45, 2.75) is 45.2 Å². The van der Waals surface area contributed by atoms with E-state index >= 15 is 4.39 Å². The minimum Gasteiger partial charge on any atom is -0.493 e. The molecule has 2 aliphatic heterocycles. The molecule has 1 aromatic heterocycles. The predicted molar refractivity (Wildman–Crippen MR) is 167 cm³/mol. The van der Waals surface area contributed by atoms with Gasteiger partial charge in [-0.15, -0.1) is 0 Å². The average Bonchev–Trinajstić information content (AvgIpc) is 3.05. The van der Waals surface area contributed by atoms with Crippen molar-refractivity contribution in [3.63, 3.8) is 0 Å². The first-order chi connectivity index (χ1) is 22.1. The number of nitrogens with zero attached hydrogens (tertiary/aromatic N) is 2. The number of halogens is 1. The molecule has 244 valence electrons. The first-order valence-corrected chi connectivity index (χ1v) is 15.0. The zero-order chi connectivity index (χ0) is 33.2. The molecular formula is C33H38FN5O7. The third-order valence-corrected chi connectivity index (χ3v) is 7.53. The third kappa shape index (κ3) is 8.71. The molecule has 0 fully saturated rings. The number of hydrogen-bond acceptors (Lipinski definition) is 7. The Labute approximate surface area is 265 Å². The number of pyridine rings is 1. The normalized spacial score (nSPS) is 16.9. The van der Waals surface area contributed by atoms with Crippen molar-refractivity contribution < 1.29 is 33.0 Å². The number of nitrogens with one attached hydrogen (secondary N) is 3. The minimum absolute atomic E-state index is 0.0149. The van der Waals surface area contributed by atoms with E-state index in [0.29, 0.717) is 24.8 Å². The van der Waals surface area contributed by atoms with Crippen LogP contribution < -0.4 is 31.0 Å². The van der Waals surface area contributed by atoms with Crippen LogP contribution in [0.15, 0.2) is 59.5 Å². The summed E-state index contributed by atoms with van der Waals surface area (Å²) >= 11 is 0. The lowest BCUT2D eigenvalue weighted by atomic mass is 10.1. The first-order valence-electron chi connectivity index (χ1n) is 15.0. The number of fused-ring (bicyclic) bond motifs is 16. The van der Waals surface area contributed by atoms with Gasteiger partial charge in [0.15, 0.2) is 23.1 Å². The second-order valence-corrected chi connectivity index (χ2v) is 10.8. The Hall–Kier alpha value is -5.20. The highest BCUT2D eigenvalue weighted by Crippen LogP contribution is 2.34. The molecule has 2 aromatic carbocycles. The molecule has 0 saturated heterocycles. The summed E-state index contributed by atoms with van der Waals surface area (Å²) in [5.74, 6) is -1.95. The molecule has 3 N–H and O–H groups in total. The third-order valence-electron chi connectivity index (χ3n) is 7.53. The highest BCUT2D eigenvalue weighted by molar-refractivity contribution is 5.95. The van der Waals surface area contributed by atoms with Crippen molar-refractivity contribution in [2.75, 3.05) is 26.7 Å². The number of carbonyl (C=O) groups is 4. The summed E-state index contributed by atoms with van der Waals surface area (Å²) in [6, 6.07) is 10.8. The number of benzene rings is 2. The van der Waals surface area contributed by atoms with E-state index in [1.807, 2.05) is 0 Å². The minimum atomic E-state index is -0.803. The van der Waals surface area contributed by atoms with E-state index in [1.165, 1.54) is 53.1 Å². The maximum Gasteiger partial charge on any atom is 0.254 e. The van der Waals surface area contributed by atoms with Crippen molar-refractivity contribution in [3.05, 3.63) is 87.6 Å². The highest BCUT2D eigenvalue weighted by Gasteiger charge is 2.21. The number of rotatable bonds is 3. The van der Waals surface area contributed by atoms with Gasteiger partial charge in [0.1, 0.15) is 6.04 Å². The number of aromatic nitrogens is 1. The maximum absolute atomic E-state index is 15.0. The molecule has 4 bridgehead atoms. The fourth-order valence-electron chi connectivity index (χ4n) is 4.87. The molecule has 1 atom stereocenters. The van der Waals surface area contributed by atoms with Gasteiger partial charge in [-0.2, -0.15) is 0 Å². The number of hydrogen-bond donors (Lipinski definition) is 3. The molecule has 2 aliphatic rings. The summed E-state index contributed by atoms with van der Waals surface area (Å²) in [5.41, 5.74) is 0.601. The van der Waals surface area contributed by atoms with Crippen LogP contribution in [0.5, 0.6) is 17.2 Å². The molecule has 0 radical (unpaired) electrons. The van der Waals surface area contributed by atoms with Crippen LogP contribution in [-0.4, -0.2) is 65.9 Å². The van der Waals surface area contributed by atoms with E-state index in [4.69, 9.17) is 9.47 Å². The summed E-state index contributed by atoms with van der Waals surface area (Å²) in [5, 5.41) is 8.26. The molecule has 3 aromatic rings. The summed E-state index contributed by atoms with van der Waals surface area (Å²) in [6.07, 6.45) is 2.57. The Morgan fingerprint density at radius 2 is 1.78 bits per heavy atom. The van der Waals surface area contributed by atoms with Crippen LogP contribution in [-0.2, 0) is 23.2 Å². The van der Waals surface area contributed by atoms with Crippen molar-refractivity contribution in [3.8, 4) is 17.2 Å². The topological polar surface area (TPSA) is 148 Å². The van der Waals surface area contributed by atoms with E-state index in [2.05, 4.69) is 16.0 Å². The van der Waals surface area contributed by atoms with Gasteiger partial charge in [-0.25, -0.2) is 4.39 Å². The molecule has 0 saturated carbocycles. The molecular weight excluding hydrogens is 597 g/mol. The fraction of sp³-hybridized carbons (Fsp3) is 0.364. The van der Waals surface area contributed by atoms with Gasteiger partial charge < -0.3 is 34.9 Å². The van der Waals surface area contributed by atoms with Crippen LogP contribution in [0.3, 0.4) is 0 Å². The molecule has 12 nitrogen and oxygen atoms in total. The fourth-order valence-corrected chi connectivity index (χ4v) is 4.87. The lowest BCUT2D eigenvalue weighted by Crippen LogP contribution is -2.46. The Balaban J connectivity index is 1.58. The van der Waals surface area contributed by atoms with Gasteiger partial charge >= 0.3 is 0 Å². The Morgan fingerprint density at radius 3 is 2.50 bits per heavy atom. The van der Waals surface area contributed by atoms with Crippen LogP contribution >= 0.6 is 0 Å². The first kappa shape index (κ1) is 33.7. The summed E-state index contributed by atoms with van der Waals surface area (Å²) in [4.78, 5) is 65.6. The van der Waals surface area contributed by atoms with Crippen molar-refractivity contribution in [1.29, 1.82) is 0 Å². The Kier molecular flexibility index (Phi) is 11.5. The van der Waals surface area contributed by atoms with Gasteiger partial charge in [0.25, 0.3) is 17.4 Å². The van der Waals surface area contributed by atoms with Gasteiger partial charge in [-0.3, -0.25) is 24.0 Å². The monoisotopic (exact) mass is 635 g/mol.